The third-order valence-corrected chi connectivity index (χ3v) is 1.46. The molecule has 1 atom stereocenters. The lowest BCUT2D eigenvalue weighted by molar-refractivity contribution is 0.326. The van der Waals surface area contributed by atoms with Crippen molar-refractivity contribution in [2.45, 2.75) is 5.56 Å². The maximum atomic E-state index is 5.74. The molecule has 0 radical (unpaired) electrons. The van der Waals surface area contributed by atoms with Gasteiger partial charge < -0.3 is 4.74 Å². The molecule has 0 saturated heterocycles. The molecule has 0 bridgehead atoms. The highest BCUT2D eigenvalue weighted by Crippen LogP contribution is 2.12. The van der Waals surface area contributed by atoms with Crippen molar-refractivity contribution in [3.05, 3.63) is 48.7 Å². The first-order chi connectivity index (χ1) is 5.83. The maximum Gasteiger partial charge on any atom is 0.198 e. The zero-order valence-electron chi connectivity index (χ0n) is 6.53. The van der Waals surface area contributed by atoms with Gasteiger partial charge in [0.05, 0.1) is 0 Å². The van der Waals surface area contributed by atoms with Crippen LogP contribution in [0, 0.1) is 0 Å². The predicted octanol–water partition coefficient (Wildman–Crippen LogP) is 2.97. The summed E-state index contributed by atoms with van der Waals surface area (Å²) in [6.07, 6.45) is 1.55. The molecular formula is C10H9ClO. The zero-order chi connectivity index (χ0) is 8.81. The van der Waals surface area contributed by atoms with Gasteiger partial charge in [0.1, 0.15) is 5.75 Å². The molecule has 1 unspecified atom stereocenters. The Hall–Kier alpha value is -1.17. The van der Waals surface area contributed by atoms with E-state index >= 15 is 0 Å². The number of halogens is 1. The van der Waals surface area contributed by atoms with E-state index in [2.05, 4.69) is 12.3 Å². The minimum Gasteiger partial charge on any atom is -0.470 e. The van der Waals surface area contributed by atoms with Crippen molar-refractivity contribution < 1.29 is 4.74 Å². The second-order valence-corrected chi connectivity index (χ2v) is 2.58. The van der Waals surface area contributed by atoms with E-state index in [4.69, 9.17) is 16.3 Å². The molecular weight excluding hydrogens is 172 g/mol. The number of alkyl halides is 1. The van der Waals surface area contributed by atoms with Crippen LogP contribution in [0.3, 0.4) is 0 Å². The van der Waals surface area contributed by atoms with Gasteiger partial charge in [0.2, 0.25) is 0 Å². The summed E-state index contributed by atoms with van der Waals surface area (Å²) in [4.78, 5) is 0. The van der Waals surface area contributed by atoms with Gasteiger partial charge in [-0.15, -0.1) is 5.73 Å². The second-order valence-electron chi connectivity index (χ2n) is 2.15. The highest BCUT2D eigenvalue weighted by Gasteiger charge is 1.98. The first-order valence-electron chi connectivity index (χ1n) is 3.54. The van der Waals surface area contributed by atoms with Gasteiger partial charge in [-0.1, -0.05) is 36.4 Å². The molecule has 1 aromatic rings. The lowest BCUT2D eigenvalue weighted by Gasteiger charge is -2.06. The highest BCUT2D eigenvalue weighted by atomic mass is 35.5. The van der Waals surface area contributed by atoms with E-state index in [9.17, 15) is 0 Å². The zero-order valence-corrected chi connectivity index (χ0v) is 7.29. The first kappa shape index (κ1) is 8.92. The molecule has 0 spiro atoms. The summed E-state index contributed by atoms with van der Waals surface area (Å²) in [6, 6.07) is 9.37. The fourth-order valence-corrected chi connectivity index (χ4v) is 0.948. The van der Waals surface area contributed by atoms with Gasteiger partial charge >= 0.3 is 0 Å². The first-order valence-corrected chi connectivity index (χ1v) is 3.98. The molecule has 0 N–H and O–H groups in total. The van der Waals surface area contributed by atoms with E-state index in [-0.39, 0.29) is 0 Å². The largest absolute Gasteiger partial charge is 0.470 e. The van der Waals surface area contributed by atoms with Crippen molar-refractivity contribution >= 4 is 11.6 Å². The number of ether oxygens (including phenoxy) is 1. The number of hydrogen-bond donors (Lipinski definition) is 0. The Kier molecular flexibility index (Phi) is 3.46. The number of hydrogen-bond acceptors (Lipinski definition) is 1. The number of para-hydroxylation sites is 1. The normalized spacial score (nSPS) is 11.4. The topological polar surface area (TPSA) is 9.23 Å². The summed E-state index contributed by atoms with van der Waals surface area (Å²) < 4.78 is 5.26. The summed E-state index contributed by atoms with van der Waals surface area (Å²) >= 11 is 5.74. The molecule has 0 aromatic heterocycles. The van der Waals surface area contributed by atoms with Crippen LogP contribution in [-0.2, 0) is 0 Å². The maximum absolute atomic E-state index is 5.74. The Morgan fingerprint density at radius 3 is 2.67 bits per heavy atom. The van der Waals surface area contributed by atoms with E-state index in [1.54, 1.807) is 6.08 Å². The van der Waals surface area contributed by atoms with Gasteiger partial charge in [-0.3, -0.25) is 0 Å². The summed E-state index contributed by atoms with van der Waals surface area (Å²) in [5.41, 5.74) is 2.06. The van der Waals surface area contributed by atoms with E-state index in [1.807, 2.05) is 30.3 Å². The van der Waals surface area contributed by atoms with Crippen molar-refractivity contribution in [3.63, 3.8) is 0 Å². The molecule has 0 amide bonds. The van der Waals surface area contributed by atoms with Crippen LogP contribution in [0.4, 0.5) is 0 Å². The second kappa shape index (κ2) is 4.66. The molecule has 0 heterocycles. The smallest absolute Gasteiger partial charge is 0.198 e. The van der Waals surface area contributed by atoms with Crippen LogP contribution in [0.5, 0.6) is 5.75 Å². The van der Waals surface area contributed by atoms with Gasteiger partial charge in [-0.05, 0) is 12.1 Å². The molecule has 0 aliphatic heterocycles. The van der Waals surface area contributed by atoms with Gasteiger partial charge in [0, 0.05) is 6.08 Å². The van der Waals surface area contributed by atoms with Crippen LogP contribution in [0.25, 0.3) is 0 Å². The standard InChI is InChI=1S/C10H9ClO/c1-2-6-10(11)12-9-7-4-3-5-8-9/h3-8,10H,1H2. The van der Waals surface area contributed by atoms with Gasteiger partial charge in [-0.25, -0.2) is 0 Å². The highest BCUT2D eigenvalue weighted by molar-refractivity contribution is 6.20. The minimum atomic E-state index is -0.495. The summed E-state index contributed by atoms with van der Waals surface area (Å²) in [6.45, 7) is 3.40. The third-order valence-electron chi connectivity index (χ3n) is 1.24. The Balaban J connectivity index is 2.58. The molecule has 0 saturated carbocycles. The SMILES string of the molecule is C=C=CC(Cl)Oc1ccccc1. The summed E-state index contributed by atoms with van der Waals surface area (Å²) in [7, 11) is 0. The van der Waals surface area contributed by atoms with Crippen molar-refractivity contribution in [2.75, 3.05) is 0 Å². The van der Waals surface area contributed by atoms with E-state index < -0.39 is 5.56 Å². The Morgan fingerprint density at radius 2 is 2.08 bits per heavy atom. The Bertz CT molecular complexity index is 275. The third kappa shape index (κ3) is 2.83. The van der Waals surface area contributed by atoms with Gasteiger partial charge in [0.15, 0.2) is 5.56 Å². The van der Waals surface area contributed by atoms with Crippen LogP contribution in [0.2, 0.25) is 0 Å². The van der Waals surface area contributed by atoms with Crippen molar-refractivity contribution in [1.82, 2.24) is 0 Å². The van der Waals surface area contributed by atoms with E-state index in [0.717, 1.165) is 5.75 Å². The summed E-state index contributed by atoms with van der Waals surface area (Å²) in [5.74, 6) is 0.740. The van der Waals surface area contributed by atoms with Crippen LogP contribution in [-0.4, -0.2) is 5.56 Å². The monoisotopic (exact) mass is 180 g/mol. The number of benzene rings is 1. The fraction of sp³-hybridized carbons (Fsp3) is 0.100. The lowest BCUT2D eigenvalue weighted by Crippen LogP contribution is -2.03. The van der Waals surface area contributed by atoms with Crippen LogP contribution < -0.4 is 4.74 Å². The van der Waals surface area contributed by atoms with Crippen LogP contribution in [0.1, 0.15) is 0 Å². The Morgan fingerprint density at radius 1 is 1.42 bits per heavy atom. The summed E-state index contributed by atoms with van der Waals surface area (Å²) in [5, 5.41) is 0. The molecule has 1 rings (SSSR count). The van der Waals surface area contributed by atoms with E-state index in [0.29, 0.717) is 0 Å². The van der Waals surface area contributed by atoms with Crippen LogP contribution >= 0.6 is 11.6 Å². The van der Waals surface area contributed by atoms with E-state index in [1.165, 1.54) is 0 Å². The van der Waals surface area contributed by atoms with Crippen LogP contribution in [0.15, 0.2) is 48.7 Å². The van der Waals surface area contributed by atoms with Gasteiger partial charge in [-0.2, -0.15) is 0 Å². The number of rotatable bonds is 3. The molecule has 12 heavy (non-hydrogen) atoms. The van der Waals surface area contributed by atoms with Crippen molar-refractivity contribution in [3.8, 4) is 5.75 Å². The molecule has 0 aliphatic rings. The molecule has 1 aromatic carbocycles. The van der Waals surface area contributed by atoms with Gasteiger partial charge in [0.25, 0.3) is 0 Å². The average Bonchev–Trinajstić information content (AvgIpc) is 2.06. The fourth-order valence-electron chi connectivity index (χ4n) is 0.756. The lowest BCUT2D eigenvalue weighted by atomic mass is 10.3. The molecule has 0 aliphatic carbocycles. The molecule has 62 valence electrons. The molecule has 2 heteroatoms. The molecule has 1 nitrogen and oxygen atoms in total. The van der Waals surface area contributed by atoms with Crippen molar-refractivity contribution in [2.24, 2.45) is 0 Å². The quantitative estimate of drug-likeness (QED) is 0.513. The Labute approximate surface area is 76.9 Å². The average molecular weight is 181 g/mol. The minimum absolute atomic E-state index is 0.495. The molecule has 0 fully saturated rings. The predicted molar refractivity (Wildman–Crippen MR) is 50.4 cm³/mol. The van der Waals surface area contributed by atoms with Crippen molar-refractivity contribution in [1.29, 1.82) is 0 Å².